The van der Waals surface area contributed by atoms with Gasteiger partial charge >= 0.3 is 0 Å². The van der Waals surface area contributed by atoms with E-state index in [-0.39, 0.29) is 5.91 Å². The first-order chi connectivity index (χ1) is 10.4. The first-order valence-electron chi connectivity index (χ1n) is 7.07. The second-order valence-corrected chi connectivity index (χ2v) is 5.99. The monoisotopic (exact) mass is 299 g/mol. The van der Waals surface area contributed by atoms with Gasteiger partial charge in [-0.2, -0.15) is 0 Å². The molecule has 2 rings (SSSR count). The van der Waals surface area contributed by atoms with Gasteiger partial charge in [0, 0.05) is 11.1 Å². The molecule has 0 spiro atoms. The Morgan fingerprint density at radius 3 is 2.18 bits per heavy atom. The van der Waals surface area contributed by atoms with Crippen LogP contribution in [-0.2, 0) is 4.79 Å². The second kappa shape index (κ2) is 6.47. The Morgan fingerprint density at radius 2 is 1.68 bits per heavy atom. The van der Waals surface area contributed by atoms with E-state index in [0.29, 0.717) is 5.82 Å². The first-order valence-corrected chi connectivity index (χ1v) is 7.07. The maximum atomic E-state index is 11.9. The lowest BCUT2D eigenvalue weighted by molar-refractivity contribution is -0.123. The number of hydrogen-bond acceptors (Lipinski definition) is 4. The van der Waals surface area contributed by atoms with Crippen LogP contribution < -0.4 is 15.4 Å². The summed E-state index contributed by atoms with van der Waals surface area (Å²) in [6.45, 7) is 5.59. The van der Waals surface area contributed by atoms with Crippen LogP contribution in [0.25, 0.3) is 0 Å². The number of anilines is 3. The minimum absolute atomic E-state index is 0.0594. The molecule has 0 saturated heterocycles. The SMILES string of the molecule is COc1ccc(Nc2ccc(NC(=O)C(C)(C)C)nc2)cc1. The molecule has 0 aliphatic heterocycles. The lowest BCUT2D eigenvalue weighted by atomic mass is 9.96. The van der Waals surface area contributed by atoms with E-state index in [9.17, 15) is 4.79 Å². The summed E-state index contributed by atoms with van der Waals surface area (Å²) < 4.78 is 5.12. The van der Waals surface area contributed by atoms with Crippen LogP contribution in [0.2, 0.25) is 0 Å². The molecular weight excluding hydrogens is 278 g/mol. The van der Waals surface area contributed by atoms with Crippen molar-refractivity contribution in [3.63, 3.8) is 0 Å². The number of pyridine rings is 1. The summed E-state index contributed by atoms with van der Waals surface area (Å²) in [4.78, 5) is 16.1. The zero-order chi connectivity index (χ0) is 16.2. The van der Waals surface area contributed by atoms with Crippen LogP contribution in [0.5, 0.6) is 5.75 Å². The molecule has 0 atom stereocenters. The minimum atomic E-state index is -0.443. The highest BCUT2D eigenvalue weighted by molar-refractivity contribution is 5.93. The van der Waals surface area contributed by atoms with Gasteiger partial charge in [0.1, 0.15) is 11.6 Å². The molecule has 0 radical (unpaired) electrons. The summed E-state index contributed by atoms with van der Waals surface area (Å²) in [5.41, 5.74) is 1.34. The van der Waals surface area contributed by atoms with Gasteiger partial charge in [-0.15, -0.1) is 0 Å². The maximum absolute atomic E-state index is 11.9. The van der Waals surface area contributed by atoms with Crippen molar-refractivity contribution >= 4 is 23.1 Å². The lowest BCUT2D eigenvalue weighted by Gasteiger charge is -2.17. The van der Waals surface area contributed by atoms with Crippen LogP contribution in [0, 0.1) is 5.41 Å². The van der Waals surface area contributed by atoms with Crippen LogP contribution in [-0.4, -0.2) is 18.0 Å². The molecule has 0 fully saturated rings. The topological polar surface area (TPSA) is 63.2 Å². The number of ether oxygens (including phenoxy) is 1. The number of nitrogens with zero attached hydrogens (tertiary/aromatic N) is 1. The number of hydrogen-bond donors (Lipinski definition) is 2. The Morgan fingerprint density at radius 1 is 1.05 bits per heavy atom. The molecule has 1 aromatic heterocycles. The van der Waals surface area contributed by atoms with Crippen LogP contribution in [0.4, 0.5) is 17.2 Å². The van der Waals surface area contributed by atoms with E-state index in [4.69, 9.17) is 4.74 Å². The third-order valence-electron chi connectivity index (χ3n) is 3.06. The normalized spacial score (nSPS) is 10.9. The van der Waals surface area contributed by atoms with Crippen molar-refractivity contribution in [1.82, 2.24) is 4.98 Å². The van der Waals surface area contributed by atoms with Gasteiger partial charge in [0.25, 0.3) is 0 Å². The van der Waals surface area contributed by atoms with E-state index in [1.165, 1.54) is 0 Å². The van der Waals surface area contributed by atoms with E-state index in [2.05, 4.69) is 15.6 Å². The van der Waals surface area contributed by atoms with Crippen molar-refractivity contribution < 1.29 is 9.53 Å². The predicted octanol–water partition coefficient (Wildman–Crippen LogP) is 3.82. The summed E-state index contributed by atoms with van der Waals surface area (Å²) in [7, 11) is 1.64. The number of aromatic nitrogens is 1. The molecule has 1 amide bonds. The second-order valence-electron chi connectivity index (χ2n) is 5.99. The number of benzene rings is 1. The summed E-state index contributed by atoms with van der Waals surface area (Å²) in [6.07, 6.45) is 1.68. The summed E-state index contributed by atoms with van der Waals surface area (Å²) in [6, 6.07) is 11.3. The molecule has 22 heavy (non-hydrogen) atoms. The Balaban J connectivity index is 2.01. The van der Waals surface area contributed by atoms with E-state index in [1.807, 2.05) is 51.1 Å². The number of carbonyl (C=O) groups is 1. The van der Waals surface area contributed by atoms with Crippen molar-refractivity contribution in [2.45, 2.75) is 20.8 Å². The first kappa shape index (κ1) is 15.8. The van der Waals surface area contributed by atoms with Crippen LogP contribution in [0.1, 0.15) is 20.8 Å². The summed E-state index contributed by atoms with van der Waals surface area (Å²) in [5.74, 6) is 1.29. The molecule has 5 heteroatoms. The fourth-order valence-corrected chi connectivity index (χ4v) is 1.69. The highest BCUT2D eigenvalue weighted by Crippen LogP contribution is 2.21. The van der Waals surface area contributed by atoms with Gasteiger partial charge < -0.3 is 15.4 Å². The van der Waals surface area contributed by atoms with Crippen molar-refractivity contribution in [2.75, 3.05) is 17.7 Å². The Labute approximate surface area is 130 Å². The van der Waals surface area contributed by atoms with E-state index < -0.39 is 5.41 Å². The molecule has 0 aliphatic carbocycles. The van der Waals surface area contributed by atoms with Crippen LogP contribution >= 0.6 is 0 Å². The Kier molecular flexibility index (Phi) is 4.65. The minimum Gasteiger partial charge on any atom is -0.497 e. The van der Waals surface area contributed by atoms with E-state index in [1.54, 1.807) is 19.4 Å². The zero-order valence-corrected chi connectivity index (χ0v) is 13.3. The van der Waals surface area contributed by atoms with Crippen molar-refractivity contribution in [2.24, 2.45) is 5.41 Å². The summed E-state index contributed by atoms with van der Waals surface area (Å²) >= 11 is 0. The third kappa shape index (κ3) is 4.22. The number of nitrogens with one attached hydrogen (secondary N) is 2. The Hall–Kier alpha value is -2.56. The van der Waals surface area contributed by atoms with Gasteiger partial charge in [-0.25, -0.2) is 4.98 Å². The molecule has 2 N–H and O–H groups in total. The molecule has 2 aromatic rings. The fraction of sp³-hybridized carbons (Fsp3) is 0.294. The summed E-state index contributed by atoms with van der Waals surface area (Å²) in [5, 5.41) is 6.03. The van der Waals surface area contributed by atoms with Crippen molar-refractivity contribution in [3.8, 4) is 5.75 Å². The molecule has 1 heterocycles. The Bertz CT molecular complexity index is 628. The lowest BCUT2D eigenvalue weighted by Crippen LogP contribution is -2.27. The maximum Gasteiger partial charge on any atom is 0.230 e. The highest BCUT2D eigenvalue weighted by Gasteiger charge is 2.21. The largest absolute Gasteiger partial charge is 0.497 e. The molecule has 0 bridgehead atoms. The van der Waals surface area contributed by atoms with E-state index in [0.717, 1.165) is 17.1 Å². The predicted molar refractivity (Wildman–Crippen MR) is 88.6 cm³/mol. The molecule has 116 valence electrons. The van der Waals surface area contributed by atoms with E-state index >= 15 is 0 Å². The van der Waals surface area contributed by atoms with Gasteiger partial charge in [0.05, 0.1) is 19.0 Å². The average Bonchev–Trinajstić information content (AvgIpc) is 2.49. The molecular formula is C17H21N3O2. The fourth-order valence-electron chi connectivity index (χ4n) is 1.69. The number of amides is 1. The molecule has 1 aromatic carbocycles. The number of methoxy groups -OCH3 is 1. The number of carbonyl (C=O) groups excluding carboxylic acids is 1. The molecule has 0 aliphatic rings. The van der Waals surface area contributed by atoms with Gasteiger partial charge in [-0.05, 0) is 36.4 Å². The molecule has 0 saturated carbocycles. The van der Waals surface area contributed by atoms with Gasteiger partial charge in [0.2, 0.25) is 5.91 Å². The number of rotatable bonds is 4. The van der Waals surface area contributed by atoms with Crippen LogP contribution in [0.15, 0.2) is 42.6 Å². The smallest absolute Gasteiger partial charge is 0.230 e. The van der Waals surface area contributed by atoms with Gasteiger partial charge in [-0.1, -0.05) is 20.8 Å². The zero-order valence-electron chi connectivity index (χ0n) is 13.3. The highest BCUT2D eigenvalue weighted by atomic mass is 16.5. The van der Waals surface area contributed by atoms with Crippen molar-refractivity contribution in [3.05, 3.63) is 42.6 Å². The third-order valence-corrected chi connectivity index (χ3v) is 3.06. The van der Waals surface area contributed by atoms with Crippen LogP contribution in [0.3, 0.4) is 0 Å². The average molecular weight is 299 g/mol. The van der Waals surface area contributed by atoms with Gasteiger partial charge in [0.15, 0.2) is 0 Å². The standard InChI is InChI=1S/C17H21N3O2/c1-17(2,3)16(21)20-15-10-7-13(11-18-15)19-12-5-8-14(22-4)9-6-12/h5-11,19H,1-4H3,(H,18,20,21). The molecule has 0 unspecified atom stereocenters. The van der Waals surface area contributed by atoms with Crippen molar-refractivity contribution in [1.29, 1.82) is 0 Å². The van der Waals surface area contributed by atoms with Gasteiger partial charge in [-0.3, -0.25) is 4.79 Å². The molecule has 5 nitrogen and oxygen atoms in total. The quantitative estimate of drug-likeness (QED) is 0.901.